The molecule has 0 spiro atoms. The van der Waals surface area contributed by atoms with E-state index in [-0.39, 0.29) is 5.91 Å². The van der Waals surface area contributed by atoms with Gasteiger partial charge < -0.3 is 20.5 Å². The molecular formula is C15H21ClN2O3. The van der Waals surface area contributed by atoms with Crippen molar-refractivity contribution in [2.24, 2.45) is 5.92 Å². The van der Waals surface area contributed by atoms with Gasteiger partial charge in [0, 0.05) is 31.2 Å². The molecule has 21 heavy (non-hydrogen) atoms. The quantitative estimate of drug-likeness (QED) is 0.599. The lowest BCUT2D eigenvalue weighted by Crippen LogP contribution is -2.14. The molecule has 3 N–H and O–H groups in total. The molecule has 6 heteroatoms. The van der Waals surface area contributed by atoms with Crippen molar-refractivity contribution < 1.29 is 14.3 Å². The van der Waals surface area contributed by atoms with Crippen LogP contribution in [0.5, 0.6) is 0 Å². The fraction of sp³-hybridized carbons (Fsp3) is 0.533. The Bertz CT molecular complexity index is 476. The van der Waals surface area contributed by atoms with Crippen LogP contribution in [0.3, 0.4) is 0 Å². The van der Waals surface area contributed by atoms with Crippen LogP contribution in [0.1, 0.15) is 19.3 Å². The fourth-order valence-corrected chi connectivity index (χ4v) is 2.38. The highest BCUT2D eigenvalue weighted by Crippen LogP contribution is 2.24. The third-order valence-corrected chi connectivity index (χ3v) is 3.65. The van der Waals surface area contributed by atoms with Crippen LogP contribution in [0, 0.1) is 5.92 Å². The first-order chi connectivity index (χ1) is 10.1. The molecule has 5 nitrogen and oxygen atoms in total. The molecule has 1 aromatic carbocycles. The van der Waals surface area contributed by atoms with Crippen molar-refractivity contribution in [1.82, 2.24) is 0 Å². The Balaban J connectivity index is 1.60. The topological polar surface area (TPSA) is 73.6 Å². The van der Waals surface area contributed by atoms with E-state index in [1.807, 2.05) is 0 Å². The predicted octanol–water partition coefficient (Wildman–Crippen LogP) is 2.69. The number of hydrogen-bond acceptors (Lipinski definition) is 4. The van der Waals surface area contributed by atoms with Crippen LogP contribution >= 0.6 is 11.6 Å². The van der Waals surface area contributed by atoms with E-state index >= 15 is 0 Å². The lowest BCUT2D eigenvalue weighted by Gasteiger charge is -2.09. The van der Waals surface area contributed by atoms with E-state index in [9.17, 15) is 4.79 Å². The fourth-order valence-electron chi connectivity index (χ4n) is 2.15. The van der Waals surface area contributed by atoms with Crippen molar-refractivity contribution >= 4 is 28.9 Å². The number of carbonyl (C=O) groups is 1. The molecule has 0 bridgehead atoms. The SMILES string of the molecule is Nc1ccc(NC(=O)CCCOCC2CCOC2)c(Cl)c1. The molecule has 0 radical (unpaired) electrons. The lowest BCUT2D eigenvalue weighted by molar-refractivity contribution is -0.116. The van der Waals surface area contributed by atoms with Gasteiger partial charge in [0.15, 0.2) is 0 Å². The predicted molar refractivity (Wildman–Crippen MR) is 83.5 cm³/mol. The molecule has 116 valence electrons. The second-order valence-corrected chi connectivity index (χ2v) is 5.60. The number of hydrogen-bond donors (Lipinski definition) is 2. The maximum Gasteiger partial charge on any atom is 0.224 e. The Morgan fingerprint density at radius 2 is 2.38 bits per heavy atom. The van der Waals surface area contributed by atoms with Crippen LogP contribution in [0.4, 0.5) is 11.4 Å². The number of benzene rings is 1. The number of rotatable bonds is 7. The summed E-state index contributed by atoms with van der Waals surface area (Å²) in [7, 11) is 0. The molecule has 1 aliphatic heterocycles. The maximum absolute atomic E-state index is 11.8. The average Bonchev–Trinajstić information content (AvgIpc) is 2.95. The molecule has 1 unspecified atom stereocenters. The Labute approximate surface area is 129 Å². The van der Waals surface area contributed by atoms with Gasteiger partial charge in [-0.2, -0.15) is 0 Å². The molecule has 1 saturated heterocycles. The first kappa shape index (κ1) is 16.1. The molecule has 1 atom stereocenters. The van der Waals surface area contributed by atoms with E-state index in [1.165, 1.54) is 0 Å². The summed E-state index contributed by atoms with van der Waals surface area (Å²) < 4.78 is 10.8. The number of nitrogens with one attached hydrogen (secondary N) is 1. The number of halogens is 1. The zero-order valence-electron chi connectivity index (χ0n) is 11.9. The molecule has 0 aromatic heterocycles. The van der Waals surface area contributed by atoms with Crippen LogP contribution in [-0.4, -0.2) is 32.3 Å². The number of nitrogen functional groups attached to an aromatic ring is 1. The van der Waals surface area contributed by atoms with Gasteiger partial charge in [0.25, 0.3) is 0 Å². The summed E-state index contributed by atoms with van der Waals surface area (Å²) in [6, 6.07) is 5.02. The zero-order valence-corrected chi connectivity index (χ0v) is 12.7. The highest BCUT2D eigenvalue weighted by Gasteiger charge is 2.15. The van der Waals surface area contributed by atoms with Gasteiger partial charge in [-0.15, -0.1) is 0 Å². The Morgan fingerprint density at radius 3 is 3.10 bits per heavy atom. The molecule has 1 fully saturated rings. The highest BCUT2D eigenvalue weighted by atomic mass is 35.5. The van der Waals surface area contributed by atoms with Gasteiger partial charge in [0.1, 0.15) is 0 Å². The second-order valence-electron chi connectivity index (χ2n) is 5.20. The van der Waals surface area contributed by atoms with Crippen molar-refractivity contribution in [3.8, 4) is 0 Å². The number of ether oxygens (including phenoxy) is 2. The van der Waals surface area contributed by atoms with Crippen LogP contribution in [-0.2, 0) is 14.3 Å². The minimum Gasteiger partial charge on any atom is -0.399 e. The van der Waals surface area contributed by atoms with Crippen LogP contribution < -0.4 is 11.1 Å². The summed E-state index contributed by atoms with van der Waals surface area (Å²) in [6.07, 6.45) is 2.16. The Hall–Kier alpha value is -1.30. The number of nitrogens with two attached hydrogens (primary N) is 1. The first-order valence-corrected chi connectivity index (χ1v) is 7.53. The van der Waals surface area contributed by atoms with Crippen molar-refractivity contribution in [1.29, 1.82) is 0 Å². The highest BCUT2D eigenvalue weighted by molar-refractivity contribution is 6.34. The van der Waals surface area contributed by atoms with Crippen LogP contribution in [0.2, 0.25) is 5.02 Å². The van der Waals surface area contributed by atoms with Crippen molar-refractivity contribution in [3.63, 3.8) is 0 Å². The van der Waals surface area contributed by atoms with E-state index in [4.69, 9.17) is 26.8 Å². The van der Waals surface area contributed by atoms with Gasteiger partial charge in [-0.1, -0.05) is 11.6 Å². The normalized spacial score (nSPS) is 17.9. The molecule has 1 heterocycles. The van der Waals surface area contributed by atoms with E-state index in [2.05, 4.69) is 5.32 Å². The van der Waals surface area contributed by atoms with Crippen LogP contribution in [0.25, 0.3) is 0 Å². The Kier molecular flexibility index (Phi) is 6.29. The summed E-state index contributed by atoms with van der Waals surface area (Å²) in [6.45, 7) is 2.92. The molecule has 1 amide bonds. The zero-order chi connectivity index (χ0) is 15.1. The molecule has 0 aliphatic carbocycles. The monoisotopic (exact) mass is 312 g/mol. The summed E-state index contributed by atoms with van der Waals surface area (Å²) in [4.78, 5) is 11.8. The van der Waals surface area contributed by atoms with Gasteiger partial charge in [-0.05, 0) is 31.0 Å². The van der Waals surface area contributed by atoms with Gasteiger partial charge >= 0.3 is 0 Å². The number of anilines is 2. The number of carbonyl (C=O) groups excluding carboxylic acids is 1. The molecule has 1 aromatic rings. The summed E-state index contributed by atoms with van der Waals surface area (Å²) in [5.74, 6) is 0.432. The maximum atomic E-state index is 11.8. The Morgan fingerprint density at radius 1 is 1.52 bits per heavy atom. The molecular weight excluding hydrogens is 292 g/mol. The van der Waals surface area contributed by atoms with Gasteiger partial charge in [-0.25, -0.2) is 0 Å². The van der Waals surface area contributed by atoms with Crippen molar-refractivity contribution in [3.05, 3.63) is 23.2 Å². The van der Waals surface area contributed by atoms with E-state index < -0.39 is 0 Å². The summed E-state index contributed by atoms with van der Waals surface area (Å²) >= 11 is 6.00. The minimum absolute atomic E-state index is 0.0746. The van der Waals surface area contributed by atoms with Gasteiger partial charge in [-0.3, -0.25) is 4.79 Å². The molecule has 0 saturated carbocycles. The van der Waals surface area contributed by atoms with E-state index in [0.717, 1.165) is 19.6 Å². The van der Waals surface area contributed by atoms with Crippen molar-refractivity contribution in [2.75, 3.05) is 37.5 Å². The van der Waals surface area contributed by atoms with Crippen LogP contribution in [0.15, 0.2) is 18.2 Å². The van der Waals surface area contributed by atoms with E-state index in [1.54, 1.807) is 18.2 Å². The third-order valence-electron chi connectivity index (χ3n) is 3.34. The van der Waals surface area contributed by atoms with E-state index in [0.29, 0.717) is 48.4 Å². The standard InChI is InChI=1S/C15H21ClN2O3/c16-13-8-12(17)3-4-14(13)18-15(19)2-1-6-20-9-11-5-7-21-10-11/h3-4,8,11H,1-2,5-7,9-10,17H2,(H,18,19). The first-order valence-electron chi connectivity index (χ1n) is 7.15. The van der Waals surface area contributed by atoms with Crippen molar-refractivity contribution in [2.45, 2.75) is 19.3 Å². The number of amides is 1. The average molecular weight is 313 g/mol. The molecule has 2 rings (SSSR count). The summed E-state index contributed by atoms with van der Waals surface area (Å²) in [5.41, 5.74) is 6.76. The largest absolute Gasteiger partial charge is 0.399 e. The van der Waals surface area contributed by atoms with Gasteiger partial charge in [0.05, 0.1) is 23.9 Å². The summed E-state index contributed by atoms with van der Waals surface area (Å²) in [5, 5.41) is 3.21. The smallest absolute Gasteiger partial charge is 0.224 e. The minimum atomic E-state index is -0.0746. The molecule has 1 aliphatic rings. The second kappa shape index (κ2) is 8.22. The van der Waals surface area contributed by atoms with Gasteiger partial charge in [0.2, 0.25) is 5.91 Å². The third kappa shape index (κ3) is 5.53. The lowest BCUT2D eigenvalue weighted by atomic mass is 10.1.